The lowest BCUT2D eigenvalue weighted by molar-refractivity contribution is 0.0269. The highest BCUT2D eigenvalue weighted by Gasteiger charge is 2.27. The molecule has 1 saturated heterocycles. The number of hydrogen-bond acceptors (Lipinski definition) is 5. The standard InChI is InChI=1S/C21H27N3O3S/c1-21(2,16-24-10-12-27-13-11-24)23-20(25)18-7-3-4-8-19(18)28(26)15-17-6-5-9-22-14-17/h3-9,14H,10-13,15-16H2,1-2H3,(H,23,25). The Morgan fingerprint density at radius 1 is 1.21 bits per heavy atom. The maximum Gasteiger partial charge on any atom is 0.252 e. The van der Waals surface area contributed by atoms with Crippen molar-refractivity contribution in [3.05, 3.63) is 59.9 Å². The lowest BCUT2D eigenvalue weighted by Gasteiger charge is -2.35. The van der Waals surface area contributed by atoms with Gasteiger partial charge in [-0.25, -0.2) is 0 Å². The fourth-order valence-corrected chi connectivity index (χ4v) is 4.56. The van der Waals surface area contributed by atoms with E-state index in [1.165, 1.54) is 0 Å². The molecule has 1 fully saturated rings. The van der Waals surface area contributed by atoms with Crippen molar-refractivity contribution < 1.29 is 13.7 Å². The number of carbonyl (C=O) groups excluding carboxylic acids is 1. The number of amides is 1. The van der Waals surface area contributed by atoms with Gasteiger partial charge < -0.3 is 10.1 Å². The largest absolute Gasteiger partial charge is 0.379 e. The Bertz CT molecular complexity index is 821. The predicted octanol–water partition coefficient (Wildman–Crippen LogP) is 2.23. The Balaban J connectivity index is 1.70. The van der Waals surface area contributed by atoms with Crippen molar-refractivity contribution in [2.75, 3.05) is 32.8 Å². The Hall–Kier alpha value is -2.09. The van der Waals surface area contributed by atoms with Crippen molar-refractivity contribution >= 4 is 16.7 Å². The number of benzene rings is 1. The summed E-state index contributed by atoms with van der Waals surface area (Å²) in [5.74, 6) is 0.128. The van der Waals surface area contributed by atoms with Gasteiger partial charge in [-0.15, -0.1) is 0 Å². The molecule has 0 aliphatic carbocycles. The summed E-state index contributed by atoms with van der Waals surface area (Å²) >= 11 is 0. The number of carbonyl (C=O) groups is 1. The first-order valence-electron chi connectivity index (χ1n) is 9.43. The molecule has 3 rings (SSSR count). The van der Waals surface area contributed by atoms with Crippen molar-refractivity contribution in [3.63, 3.8) is 0 Å². The molecule has 0 radical (unpaired) electrons. The van der Waals surface area contributed by atoms with E-state index < -0.39 is 16.3 Å². The summed E-state index contributed by atoms with van der Waals surface area (Å²) in [5, 5.41) is 3.11. The van der Waals surface area contributed by atoms with E-state index in [0.717, 1.165) is 38.4 Å². The molecule has 1 N–H and O–H groups in total. The molecule has 0 spiro atoms. The smallest absolute Gasteiger partial charge is 0.252 e. The number of ether oxygens (including phenoxy) is 1. The third-order valence-corrected chi connectivity index (χ3v) is 6.01. The zero-order chi connectivity index (χ0) is 20.0. The van der Waals surface area contributed by atoms with Crippen LogP contribution in [0.1, 0.15) is 29.8 Å². The van der Waals surface area contributed by atoms with Crippen molar-refractivity contribution in [1.29, 1.82) is 0 Å². The molecule has 0 bridgehead atoms. The minimum atomic E-state index is -1.33. The molecule has 2 aromatic rings. The van der Waals surface area contributed by atoms with Crippen LogP contribution in [0.2, 0.25) is 0 Å². The zero-order valence-corrected chi connectivity index (χ0v) is 17.2. The van der Waals surface area contributed by atoms with Crippen molar-refractivity contribution in [1.82, 2.24) is 15.2 Å². The third-order valence-electron chi connectivity index (χ3n) is 4.57. The fraction of sp³-hybridized carbons (Fsp3) is 0.429. The first-order valence-corrected chi connectivity index (χ1v) is 10.8. The van der Waals surface area contributed by atoms with Gasteiger partial charge in [0.2, 0.25) is 0 Å². The minimum absolute atomic E-state index is 0.201. The maximum atomic E-state index is 13.0. The number of morpholine rings is 1. The van der Waals surface area contributed by atoms with E-state index in [4.69, 9.17) is 4.74 Å². The first kappa shape index (κ1) is 20.6. The number of pyridine rings is 1. The molecule has 7 heteroatoms. The summed E-state index contributed by atoms with van der Waals surface area (Å²) in [6, 6.07) is 10.8. The van der Waals surface area contributed by atoms with Gasteiger partial charge in [0.1, 0.15) is 0 Å². The van der Waals surface area contributed by atoms with Crippen LogP contribution in [0, 0.1) is 0 Å². The average molecular weight is 402 g/mol. The highest BCUT2D eigenvalue weighted by atomic mass is 32.2. The molecule has 6 nitrogen and oxygen atoms in total. The molecular weight excluding hydrogens is 374 g/mol. The number of hydrogen-bond donors (Lipinski definition) is 1. The monoisotopic (exact) mass is 401 g/mol. The predicted molar refractivity (Wildman–Crippen MR) is 110 cm³/mol. The van der Waals surface area contributed by atoms with Gasteiger partial charge in [0, 0.05) is 37.6 Å². The second kappa shape index (κ2) is 9.41. The van der Waals surface area contributed by atoms with Crippen LogP contribution >= 0.6 is 0 Å². The zero-order valence-electron chi connectivity index (χ0n) is 16.4. The highest BCUT2D eigenvalue weighted by Crippen LogP contribution is 2.18. The summed E-state index contributed by atoms with van der Waals surface area (Å²) in [5.41, 5.74) is 0.926. The minimum Gasteiger partial charge on any atom is -0.379 e. The molecule has 1 atom stereocenters. The van der Waals surface area contributed by atoms with Crippen LogP contribution in [-0.4, -0.2) is 58.4 Å². The van der Waals surface area contributed by atoms with E-state index in [1.807, 2.05) is 32.0 Å². The van der Waals surface area contributed by atoms with Crippen LogP contribution in [-0.2, 0) is 21.3 Å². The van der Waals surface area contributed by atoms with Crippen LogP contribution < -0.4 is 5.32 Å². The van der Waals surface area contributed by atoms with Gasteiger partial charge in [-0.2, -0.15) is 0 Å². The van der Waals surface area contributed by atoms with Gasteiger partial charge in [0.25, 0.3) is 5.91 Å². The summed E-state index contributed by atoms with van der Waals surface area (Å²) in [4.78, 5) is 19.9. The van der Waals surface area contributed by atoms with Crippen LogP contribution in [0.4, 0.5) is 0 Å². The summed E-state index contributed by atoms with van der Waals surface area (Å²) in [6.07, 6.45) is 3.39. The van der Waals surface area contributed by atoms with Crippen LogP contribution in [0.3, 0.4) is 0 Å². The van der Waals surface area contributed by atoms with Crippen molar-refractivity contribution in [3.8, 4) is 0 Å². The maximum absolute atomic E-state index is 13.0. The Morgan fingerprint density at radius 2 is 1.96 bits per heavy atom. The van der Waals surface area contributed by atoms with Gasteiger partial charge in [0.15, 0.2) is 0 Å². The Morgan fingerprint density at radius 3 is 2.68 bits per heavy atom. The van der Waals surface area contributed by atoms with Crippen LogP contribution in [0.5, 0.6) is 0 Å². The molecule has 150 valence electrons. The molecule has 1 aromatic heterocycles. The lowest BCUT2D eigenvalue weighted by Crippen LogP contribution is -2.53. The Labute approximate surface area is 168 Å². The summed E-state index contributed by atoms with van der Waals surface area (Å²) < 4.78 is 18.3. The SMILES string of the molecule is CC(C)(CN1CCOCC1)NC(=O)c1ccccc1S(=O)Cc1cccnc1. The Kier molecular flexibility index (Phi) is 6.93. The number of rotatable bonds is 7. The quantitative estimate of drug-likeness (QED) is 0.770. The molecular formula is C21H27N3O3S. The van der Waals surface area contributed by atoms with Gasteiger partial charge in [-0.3, -0.25) is 18.9 Å². The second-order valence-electron chi connectivity index (χ2n) is 7.57. The fourth-order valence-electron chi connectivity index (χ4n) is 3.30. The number of aromatic nitrogens is 1. The molecule has 1 aliphatic heterocycles. The van der Waals surface area contributed by atoms with Gasteiger partial charge >= 0.3 is 0 Å². The van der Waals surface area contributed by atoms with E-state index in [9.17, 15) is 9.00 Å². The third kappa shape index (κ3) is 5.70. The second-order valence-corrected chi connectivity index (χ2v) is 8.99. The van der Waals surface area contributed by atoms with Crippen LogP contribution in [0.15, 0.2) is 53.7 Å². The van der Waals surface area contributed by atoms with E-state index in [1.54, 1.807) is 30.6 Å². The summed E-state index contributed by atoms with van der Waals surface area (Å²) in [7, 11) is -1.33. The molecule has 1 unspecified atom stereocenters. The van der Waals surface area contributed by atoms with E-state index in [0.29, 0.717) is 16.2 Å². The van der Waals surface area contributed by atoms with E-state index >= 15 is 0 Å². The van der Waals surface area contributed by atoms with Gasteiger partial charge in [0.05, 0.1) is 40.2 Å². The molecule has 1 amide bonds. The topological polar surface area (TPSA) is 71.5 Å². The highest BCUT2D eigenvalue weighted by molar-refractivity contribution is 7.84. The van der Waals surface area contributed by atoms with Crippen molar-refractivity contribution in [2.24, 2.45) is 0 Å². The van der Waals surface area contributed by atoms with Crippen molar-refractivity contribution in [2.45, 2.75) is 30.0 Å². The molecule has 1 aliphatic rings. The molecule has 1 aromatic carbocycles. The number of nitrogens with zero attached hydrogens (tertiary/aromatic N) is 2. The molecule has 0 saturated carbocycles. The number of nitrogens with one attached hydrogen (secondary N) is 1. The van der Waals surface area contributed by atoms with E-state index in [-0.39, 0.29) is 5.91 Å². The normalized spacial score (nSPS) is 16.5. The van der Waals surface area contributed by atoms with Gasteiger partial charge in [-0.05, 0) is 37.6 Å². The average Bonchev–Trinajstić information content (AvgIpc) is 2.68. The van der Waals surface area contributed by atoms with Crippen LogP contribution in [0.25, 0.3) is 0 Å². The lowest BCUT2D eigenvalue weighted by atomic mass is 10.0. The molecule has 2 heterocycles. The first-order chi connectivity index (χ1) is 13.4. The van der Waals surface area contributed by atoms with E-state index in [2.05, 4.69) is 15.2 Å². The molecule has 28 heavy (non-hydrogen) atoms. The summed E-state index contributed by atoms with van der Waals surface area (Å²) in [6.45, 7) is 7.94. The van der Waals surface area contributed by atoms with Gasteiger partial charge in [-0.1, -0.05) is 18.2 Å².